The summed E-state index contributed by atoms with van der Waals surface area (Å²) in [5, 5.41) is 3.35. The van der Waals surface area contributed by atoms with Gasteiger partial charge in [0, 0.05) is 17.4 Å². The minimum Gasteiger partial charge on any atom is -0.495 e. The molecule has 3 nitrogen and oxygen atoms in total. The number of hydrogen-bond donors (Lipinski definition) is 2. The number of rotatable bonds is 3. The summed E-state index contributed by atoms with van der Waals surface area (Å²) in [5.41, 5.74) is 9.94. The summed E-state index contributed by atoms with van der Waals surface area (Å²) < 4.78 is 5.22. The molecule has 0 heterocycles. The summed E-state index contributed by atoms with van der Waals surface area (Å²) >= 11 is 0. The van der Waals surface area contributed by atoms with Crippen molar-refractivity contribution in [1.29, 1.82) is 0 Å². The average Bonchev–Trinajstić information content (AvgIpc) is 2.40. The monoisotopic (exact) mass is 270 g/mol. The first-order valence-electron chi connectivity index (χ1n) is 6.71. The first-order chi connectivity index (χ1) is 9.40. The van der Waals surface area contributed by atoms with Gasteiger partial charge in [0.2, 0.25) is 0 Å². The number of benzene rings is 2. The number of ether oxygens (including phenoxy) is 1. The zero-order valence-electron chi connectivity index (χ0n) is 12.5. The van der Waals surface area contributed by atoms with E-state index in [2.05, 4.69) is 50.4 Å². The maximum absolute atomic E-state index is 5.81. The fraction of sp³-hybridized carbons (Fsp3) is 0.294. The number of hydrogen-bond acceptors (Lipinski definition) is 3. The zero-order valence-corrected chi connectivity index (χ0v) is 12.5. The van der Waals surface area contributed by atoms with Crippen LogP contribution in [0.4, 0.5) is 17.1 Å². The van der Waals surface area contributed by atoms with Crippen LogP contribution >= 0.6 is 0 Å². The molecule has 0 radical (unpaired) electrons. The largest absolute Gasteiger partial charge is 0.495 e. The Labute approximate surface area is 120 Å². The molecule has 0 aliphatic heterocycles. The Morgan fingerprint density at radius 2 is 1.55 bits per heavy atom. The molecule has 0 fully saturated rings. The maximum Gasteiger partial charge on any atom is 0.143 e. The van der Waals surface area contributed by atoms with Crippen molar-refractivity contribution in [3.63, 3.8) is 0 Å². The van der Waals surface area contributed by atoms with Gasteiger partial charge in [-0.3, -0.25) is 0 Å². The van der Waals surface area contributed by atoms with Crippen LogP contribution in [0.25, 0.3) is 0 Å². The first-order valence-corrected chi connectivity index (χ1v) is 6.71. The highest BCUT2D eigenvalue weighted by Crippen LogP contribution is 2.28. The van der Waals surface area contributed by atoms with Crippen LogP contribution in [0.15, 0.2) is 42.5 Å². The summed E-state index contributed by atoms with van der Waals surface area (Å²) in [6, 6.07) is 14.1. The van der Waals surface area contributed by atoms with E-state index in [4.69, 9.17) is 10.5 Å². The molecule has 2 rings (SSSR count). The molecule has 0 spiro atoms. The van der Waals surface area contributed by atoms with E-state index in [0.717, 1.165) is 11.4 Å². The van der Waals surface area contributed by atoms with Crippen LogP contribution < -0.4 is 15.8 Å². The fourth-order valence-corrected chi connectivity index (χ4v) is 2.01. The molecule has 0 amide bonds. The summed E-state index contributed by atoms with van der Waals surface area (Å²) in [5.74, 6) is 0.682. The van der Waals surface area contributed by atoms with Gasteiger partial charge in [-0.25, -0.2) is 0 Å². The smallest absolute Gasteiger partial charge is 0.143 e. The molecule has 3 N–H and O–H groups in total. The molecule has 106 valence electrons. The van der Waals surface area contributed by atoms with Crippen LogP contribution in [0.5, 0.6) is 5.75 Å². The number of methoxy groups -OCH3 is 1. The van der Waals surface area contributed by atoms with E-state index in [0.29, 0.717) is 11.4 Å². The molecule has 20 heavy (non-hydrogen) atoms. The van der Waals surface area contributed by atoms with Crippen LogP contribution in [0, 0.1) is 0 Å². The molecule has 0 atom stereocenters. The van der Waals surface area contributed by atoms with Gasteiger partial charge in [0.05, 0.1) is 12.8 Å². The molecule has 3 heteroatoms. The van der Waals surface area contributed by atoms with Crippen LogP contribution in [-0.2, 0) is 5.41 Å². The van der Waals surface area contributed by atoms with Gasteiger partial charge in [0.15, 0.2) is 0 Å². The van der Waals surface area contributed by atoms with E-state index in [-0.39, 0.29) is 5.41 Å². The van der Waals surface area contributed by atoms with Crippen molar-refractivity contribution >= 4 is 17.1 Å². The summed E-state index contributed by atoms with van der Waals surface area (Å²) in [4.78, 5) is 0. The van der Waals surface area contributed by atoms with Gasteiger partial charge in [-0.05, 0) is 35.2 Å². The molecule has 0 aromatic heterocycles. The van der Waals surface area contributed by atoms with Crippen molar-refractivity contribution < 1.29 is 4.74 Å². The van der Waals surface area contributed by atoms with Gasteiger partial charge in [-0.15, -0.1) is 0 Å². The lowest BCUT2D eigenvalue weighted by atomic mass is 9.87. The predicted molar refractivity (Wildman–Crippen MR) is 85.8 cm³/mol. The van der Waals surface area contributed by atoms with Gasteiger partial charge in [0.25, 0.3) is 0 Å². The third-order valence-corrected chi connectivity index (χ3v) is 3.27. The predicted octanol–water partition coefficient (Wildman–Crippen LogP) is 4.32. The van der Waals surface area contributed by atoms with Crippen molar-refractivity contribution in [2.45, 2.75) is 26.2 Å². The molecular formula is C17H22N2O. The highest BCUT2D eigenvalue weighted by atomic mass is 16.5. The fourth-order valence-electron chi connectivity index (χ4n) is 2.01. The first kappa shape index (κ1) is 14.3. The second-order valence-electron chi connectivity index (χ2n) is 5.91. The number of nitrogens with two attached hydrogens (primary N) is 1. The van der Waals surface area contributed by atoms with Crippen LogP contribution in [0.3, 0.4) is 0 Å². The Morgan fingerprint density at radius 1 is 0.950 bits per heavy atom. The van der Waals surface area contributed by atoms with Crippen LogP contribution in [-0.4, -0.2) is 7.11 Å². The van der Waals surface area contributed by atoms with Crippen molar-refractivity contribution in [2.24, 2.45) is 0 Å². The molecule has 0 bridgehead atoms. The molecular weight excluding hydrogens is 248 g/mol. The van der Waals surface area contributed by atoms with Crippen LogP contribution in [0.2, 0.25) is 0 Å². The van der Waals surface area contributed by atoms with Crippen molar-refractivity contribution in [1.82, 2.24) is 0 Å². The molecule has 0 saturated heterocycles. The lowest BCUT2D eigenvalue weighted by molar-refractivity contribution is 0.417. The van der Waals surface area contributed by atoms with E-state index in [1.165, 1.54) is 5.56 Å². The van der Waals surface area contributed by atoms with Gasteiger partial charge in [-0.2, -0.15) is 0 Å². The highest BCUT2D eigenvalue weighted by Gasteiger charge is 2.12. The number of anilines is 3. The van der Waals surface area contributed by atoms with Gasteiger partial charge >= 0.3 is 0 Å². The van der Waals surface area contributed by atoms with Gasteiger partial charge in [0.1, 0.15) is 5.75 Å². The number of nitrogens with one attached hydrogen (secondary N) is 1. The van der Waals surface area contributed by atoms with Gasteiger partial charge in [-0.1, -0.05) is 32.9 Å². The van der Waals surface area contributed by atoms with E-state index in [9.17, 15) is 0 Å². The van der Waals surface area contributed by atoms with Crippen molar-refractivity contribution in [2.75, 3.05) is 18.2 Å². The third-order valence-electron chi connectivity index (χ3n) is 3.27. The van der Waals surface area contributed by atoms with E-state index < -0.39 is 0 Å². The summed E-state index contributed by atoms with van der Waals surface area (Å²) in [6.45, 7) is 6.63. The second kappa shape index (κ2) is 5.45. The lowest BCUT2D eigenvalue weighted by Gasteiger charge is -2.19. The van der Waals surface area contributed by atoms with Gasteiger partial charge < -0.3 is 15.8 Å². The average molecular weight is 270 g/mol. The van der Waals surface area contributed by atoms with E-state index in [1.54, 1.807) is 7.11 Å². The lowest BCUT2D eigenvalue weighted by Crippen LogP contribution is -2.10. The Bertz CT molecular complexity index is 583. The molecule has 0 saturated carbocycles. The summed E-state index contributed by atoms with van der Waals surface area (Å²) in [7, 11) is 1.62. The third kappa shape index (κ3) is 3.23. The number of nitrogen functional groups attached to an aromatic ring is 1. The van der Waals surface area contributed by atoms with Crippen molar-refractivity contribution in [3.8, 4) is 5.75 Å². The second-order valence-corrected chi connectivity index (χ2v) is 5.91. The minimum atomic E-state index is 0.170. The Kier molecular flexibility index (Phi) is 3.89. The Hall–Kier alpha value is -2.16. The van der Waals surface area contributed by atoms with Crippen LogP contribution in [0.1, 0.15) is 26.3 Å². The minimum absolute atomic E-state index is 0.170. The Morgan fingerprint density at radius 3 is 2.10 bits per heavy atom. The van der Waals surface area contributed by atoms with E-state index >= 15 is 0 Å². The van der Waals surface area contributed by atoms with E-state index in [1.807, 2.05) is 18.2 Å². The SMILES string of the molecule is COc1cc(Nc2ccc(C(C)(C)C)cc2)ccc1N. The Balaban J connectivity index is 2.18. The molecule has 2 aromatic carbocycles. The topological polar surface area (TPSA) is 47.3 Å². The molecule has 0 aliphatic carbocycles. The summed E-state index contributed by atoms with van der Waals surface area (Å²) in [6.07, 6.45) is 0. The molecule has 0 unspecified atom stereocenters. The normalized spacial score (nSPS) is 11.2. The zero-order chi connectivity index (χ0) is 14.8. The maximum atomic E-state index is 5.81. The quantitative estimate of drug-likeness (QED) is 0.817. The standard InChI is InChI=1S/C17H22N2O/c1-17(2,3)12-5-7-13(8-6-12)19-14-9-10-15(18)16(11-14)20-4/h5-11,19H,18H2,1-4H3. The molecule has 0 aliphatic rings. The molecule has 2 aromatic rings. The highest BCUT2D eigenvalue weighted by molar-refractivity contribution is 5.66. The van der Waals surface area contributed by atoms with Crippen molar-refractivity contribution in [3.05, 3.63) is 48.0 Å².